The molecule has 0 amide bonds. The van der Waals surface area contributed by atoms with Crippen LogP contribution in [0.5, 0.6) is 17.2 Å². The van der Waals surface area contributed by atoms with Gasteiger partial charge in [0.15, 0.2) is 11.6 Å². The number of rotatable bonds is 14. The first-order valence-electron chi connectivity index (χ1n) is 13.3. The number of Topliss-reactive ketones (excluding diaryl/α,β-unsaturated/α-hetero) is 2. The van der Waals surface area contributed by atoms with Crippen molar-refractivity contribution < 1.29 is 34.1 Å². The lowest BCUT2D eigenvalue weighted by molar-refractivity contribution is -0.137. The van der Waals surface area contributed by atoms with Gasteiger partial charge in [-0.15, -0.1) is 0 Å². The number of carboxylic acids is 1. The smallest absolute Gasteiger partial charge is 0.303 e. The summed E-state index contributed by atoms with van der Waals surface area (Å²) in [6, 6.07) is 7.22. The van der Waals surface area contributed by atoms with Crippen LogP contribution < -0.4 is 9.47 Å². The second-order valence-corrected chi connectivity index (χ2v) is 9.65. The first-order valence-corrected chi connectivity index (χ1v) is 13.3. The van der Waals surface area contributed by atoms with E-state index in [2.05, 4.69) is 6.92 Å². The summed E-state index contributed by atoms with van der Waals surface area (Å²) in [5, 5.41) is 19.6. The van der Waals surface area contributed by atoms with Gasteiger partial charge in [-0.25, -0.2) is 0 Å². The highest BCUT2D eigenvalue weighted by atomic mass is 16.5. The lowest BCUT2D eigenvalue weighted by Crippen LogP contribution is -2.25. The molecule has 2 aromatic carbocycles. The van der Waals surface area contributed by atoms with E-state index in [1.807, 2.05) is 19.1 Å². The van der Waals surface area contributed by atoms with E-state index in [0.29, 0.717) is 67.9 Å². The number of ether oxygens (including phenoxy) is 2. The van der Waals surface area contributed by atoms with Crippen molar-refractivity contribution in [1.29, 1.82) is 0 Å². The average molecular weight is 511 g/mol. The van der Waals surface area contributed by atoms with Gasteiger partial charge < -0.3 is 19.7 Å². The summed E-state index contributed by atoms with van der Waals surface area (Å²) in [5.41, 5.74) is 3.61. The number of aryl methyl sites for hydroxylation is 1. The van der Waals surface area contributed by atoms with Gasteiger partial charge in [-0.3, -0.25) is 14.4 Å². The van der Waals surface area contributed by atoms with E-state index < -0.39 is 5.97 Å². The molecule has 7 heteroatoms. The number of aromatic hydroxyl groups is 1. The quantitative estimate of drug-likeness (QED) is 0.238. The molecule has 0 heterocycles. The summed E-state index contributed by atoms with van der Waals surface area (Å²) in [6.07, 6.45) is 5.41. The highest BCUT2D eigenvalue weighted by Gasteiger charge is 2.31. The molecule has 200 valence electrons. The lowest BCUT2D eigenvalue weighted by atomic mass is 9.77. The third-order valence-electron chi connectivity index (χ3n) is 6.87. The maximum atomic E-state index is 13.3. The summed E-state index contributed by atoms with van der Waals surface area (Å²) in [5.74, 6) is -0.0191. The maximum Gasteiger partial charge on any atom is 0.303 e. The van der Waals surface area contributed by atoms with E-state index in [1.165, 1.54) is 6.92 Å². The molecule has 0 saturated carbocycles. The Morgan fingerprint density at radius 1 is 0.973 bits per heavy atom. The van der Waals surface area contributed by atoms with Crippen molar-refractivity contribution in [2.75, 3.05) is 13.2 Å². The van der Waals surface area contributed by atoms with E-state index >= 15 is 0 Å². The van der Waals surface area contributed by atoms with Gasteiger partial charge >= 0.3 is 5.97 Å². The molecule has 7 nitrogen and oxygen atoms in total. The average Bonchev–Trinajstić information content (AvgIpc) is 2.86. The maximum absolute atomic E-state index is 13.3. The number of benzene rings is 2. The molecule has 1 unspecified atom stereocenters. The van der Waals surface area contributed by atoms with Crippen molar-refractivity contribution in [2.45, 2.75) is 78.6 Å². The minimum atomic E-state index is -0.876. The van der Waals surface area contributed by atoms with E-state index in [1.54, 1.807) is 12.1 Å². The molecule has 3 rings (SSSR count). The molecule has 37 heavy (non-hydrogen) atoms. The highest BCUT2D eigenvalue weighted by Crippen LogP contribution is 2.36. The molecule has 2 N–H and O–H groups in total. The monoisotopic (exact) mass is 510 g/mol. The Kier molecular flexibility index (Phi) is 10.1. The van der Waals surface area contributed by atoms with Gasteiger partial charge in [-0.05, 0) is 62.8 Å². The van der Waals surface area contributed by atoms with E-state index in [0.717, 1.165) is 36.0 Å². The molecule has 0 aromatic heterocycles. The summed E-state index contributed by atoms with van der Waals surface area (Å²) >= 11 is 0. The Labute approximate surface area is 218 Å². The number of hydrogen-bond donors (Lipinski definition) is 2. The topological polar surface area (TPSA) is 110 Å². The number of carbonyl (C=O) groups excluding carboxylic acids is 2. The van der Waals surface area contributed by atoms with Crippen molar-refractivity contribution in [3.63, 3.8) is 0 Å². The van der Waals surface area contributed by atoms with Crippen molar-refractivity contribution in [3.05, 3.63) is 52.1 Å². The van der Waals surface area contributed by atoms with Crippen LogP contribution in [0.1, 0.15) is 96.7 Å². The van der Waals surface area contributed by atoms with Gasteiger partial charge in [0.2, 0.25) is 0 Å². The summed E-state index contributed by atoms with van der Waals surface area (Å²) in [7, 11) is 0. The fourth-order valence-corrected chi connectivity index (χ4v) is 5.02. The van der Waals surface area contributed by atoms with Gasteiger partial charge in [-0.1, -0.05) is 32.8 Å². The van der Waals surface area contributed by atoms with Gasteiger partial charge in [0.05, 0.1) is 18.8 Å². The predicted octanol–water partition coefficient (Wildman–Crippen LogP) is 5.96. The number of phenolic OH excluding ortho intramolecular Hbond substituents is 1. The Balaban J connectivity index is 1.66. The van der Waals surface area contributed by atoms with Crippen LogP contribution in [0.3, 0.4) is 0 Å². The zero-order valence-corrected chi connectivity index (χ0v) is 22.1. The molecule has 0 bridgehead atoms. The van der Waals surface area contributed by atoms with Crippen molar-refractivity contribution in [2.24, 2.45) is 5.92 Å². The molecular weight excluding hydrogens is 472 g/mol. The second kappa shape index (κ2) is 13.3. The fourth-order valence-electron chi connectivity index (χ4n) is 5.02. The minimum Gasteiger partial charge on any atom is -0.507 e. The Bertz CT molecular complexity index is 1140. The first kappa shape index (κ1) is 28.2. The number of phenols is 1. The van der Waals surface area contributed by atoms with Crippen LogP contribution in [0.4, 0.5) is 0 Å². The number of aliphatic carboxylic acids is 1. The van der Waals surface area contributed by atoms with Crippen LogP contribution in [0, 0.1) is 5.92 Å². The molecular formula is C30H38O7. The normalized spacial score (nSPS) is 14.8. The third kappa shape index (κ3) is 6.90. The number of ketones is 2. The number of fused-ring (bicyclic) bond motifs is 1. The number of hydrogen-bond acceptors (Lipinski definition) is 6. The lowest BCUT2D eigenvalue weighted by Gasteiger charge is -2.26. The summed E-state index contributed by atoms with van der Waals surface area (Å²) in [6.45, 7) is 6.27. The largest absolute Gasteiger partial charge is 0.507 e. The zero-order valence-electron chi connectivity index (χ0n) is 22.1. The van der Waals surface area contributed by atoms with Crippen molar-refractivity contribution in [1.82, 2.24) is 0 Å². The van der Waals surface area contributed by atoms with Crippen LogP contribution >= 0.6 is 0 Å². The van der Waals surface area contributed by atoms with Crippen molar-refractivity contribution in [3.8, 4) is 17.2 Å². The molecule has 0 radical (unpaired) electrons. The van der Waals surface area contributed by atoms with E-state index in [-0.39, 0.29) is 29.7 Å². The Hall–Kier alpha value is -3.35. The van der Waals surface area contributed by atoms with Gasteiger partial charge in [0.25, 0.3) is 0 Å². The van der Waals surface area contributed by atoms with Crippen LogP contribution in [0.25, 0.3) is 0 Å². The van der Waals surface area contributed by atoms with Gasteiger partial charge in [0.1, 0.15) is 17.2 Å². The summed E-state index contributed by atoms with van der Waals surface area (Å²) < 4.78 is 12.0. The predicted molar refractivity (Wildman–Crippen MR) is 141 cm³/mol. The number of carbonyl (C=O) groups is 3. The Morgan fingerprint density at radius 3 is 2.22 bits per heavy atom. The van der Waals surface area contributed by atoms with Crippen LogP contribution in [0.15, 0.2) is 24.3 Å². The van der Waals surface area contributed by atoms with E-state index in [4.69, 9.17) is 14.6 Å². The Morgan fingerprint density at radius 2 is 1.59 bits per heavy atom. The first-order chi connectivity index (χ1) is 17.8. The van der Waals surface area contributed by atoms with Crippen molar-refractivity contribution >= 4 is 17.5 Å². The van der Waals surface area contributed by atoms with Crippen LogP contribution in [0.2, 0.25) is 0 Å². The number of carboxylic acid groups (broad SMARTS) is 1. The molecule has 1 atom stereocenters. The molecule has 1 aliphatic carbocycles. The molecule has 2 aromatic rings. The minimum absolute atomic E-state index is 0.000263. The third-order valence-corrected chi connectivity index (χ3v) is 6.87. The van der Waals surface area contributed by atoms with Crippen LogP contribution in [-0.4, -0.2) is 41.0 Å². The standard InChI is InChI=1S/C30H38O7/c1-4-7-23-25(14-11-20-9-10-21(12-16-27(32)33)29(34)28(20)23)36-17-6-18-37-26-15-13-22(19(3)31)30(35)24(26)8-5-2/h11,13-15,21,35H,4-10,12,16-18H2,1-3H3,(H,32,33). The zero-order chi connectivity index (χ0) is 26.9. The highest BCUT2D eigenvalue weighted by molar-refractivity contribution is 6.02. The van der Waals surface area contributed by atoms with Gasteiger partial charge in [-0.2, -0.15) is 0 Å². The van der Waals surface area contributed by atoms with Crippen LogP contribution in [-0.2, 0) is 24.1 Å². The fraction of sp³-hybridized carbons (Fsp3) is 0.500. The SMILES string of the molecule is CCCc1c(OCCCOc2ccc3c(c2CCC)C(=O)C(CCC(=O)O)CC3)ccc(C(C)=O)c1O. The second-order valence-electron chi connectivity index (χ2n) is 9.65. The molecule has 0 saturated heterocycles. The van der Waals surface area contributed by atoms with Gasteiger partial charge in [0, 0.05) is 35.4 Å². The molecule has 0 fully saturated rings. The molecule has 1 aliphatic rings. The molecule has 0 aliphatic heterocycles. The molecule has 0 spiro atoms. The summed E-state index contributed by atoms with van der Waals surface area (Å²) in [4.78, 5) is 36.1. The van der Waals surface area contributed by atoms with E-state index in [9.17, 15) is 19.5 Å².